The average Bonchev–Trinajstić information content (AvgIpc) is 2.63. The molecule has 1 aliphatic rings. The van der Waals surface area contributed by atoms with E-state index in [0.717, 1.165) is 18.8 Å². The third-order valence-electron chi connectivity index (χ3n) is 3.94. The molecule has 0 aliphatic carbocycles. The normalized spacial score (nSPS) is 15.0. The van der Waals surface area contributed by atoms with Crippen LogP contribution in [-0.2, 0) is 14.8 Å². The highest BCUT2D eigenvalue weighted by Gasteiger charge is 2.15. The predicted octanol–water partition coefficient (Wildman–Crippen LogP) is 2.72. The molecule has 0 unspecified atom stereocenters. The number of morpholine rings is 1. The summed E-state index contributed by atoms with van der Waals surface area (Å²) in [7, 11) is -3.62. The van der Waals surface area contributed by atoms with E-state index in [4.69, 9.17) is 9.47 Å². The SMILES string of the molecule is CCOc1ccc(S(=O)(=O)Nc2ccc(N3CCOCC3)cc2)cc1. The summed E-state index contributed by atoms with van der Waals surface area (Å²) in [4.78, 5) is 2.42. The summed E-state index contributed by atoms with van der Waals surface area (Å²) < 4.78 is 38.2. The van der Waals surface area contributed by atoms with Crippen molar-refractivity contribution in [2.24, 2.45) is 0 Å². The van der Waals surface area contributed by atoms with E-state index in [-0.39, 0.29) is 4.90 Å². The number of nitrogens with zero attached hydrogens (tertiary/aromatic N) is 1. The van der Waals surface area contributed by atoms with E-state index in [2.05, 4.69) is 9.62 Å². The van der Waals surface area contributed by atoms with Crippen LogP contribution in [0, 0.1) is 0 Å². The quantitative estimate of drug-likeness (QED) is 0.856. The van der Waals surface area contributed by atoms with E-state index in [1.165, 1.54) is 12.1 Å². The van der Waals surface area contributed by atoms with Gasteiger partial charge < -0.3 is 14.4 Å². The Morgan fingerprint density at radius 2 is 1.68 bits per heavy atom. The van der Waals surface area contributed by atoms with Gasteiger partial charge in [0, 0.05) is 24.5 Å². The molecule has 1 aliphatic heterocycles. The van der Waals surface area contributed by atoms with E-state index in [0.29, 0.717) is 31.3 Å². The van der Waals surface area contributed by atoms with Gasteiger partial charge in [-0.15, -0.1) is 0 Å². The first-order valence-electron chi connectivity index (χ1n) is 8.27. The third-order valence-corrected chi connectivity index (χ3v) is 5.34. The van der Waals surface area contributed by atoms with E-state index in [1.807, 2.05) is 19.1 Å². The summed E-state index contributed by atoms with van der Waals surface area (Å²) in [5.41, 5.74) is 1.60. The molecule has 0 radical (unpaired) electrons. The molecule has 0 atom stereocenters. The highest BCUT2D eigenvalue weighted by atomic mass is 32.2. The summed E-state index contributed by atoms with van der Waals surface area (Å²) in [6.07, 6.45) is 0. The van der Waals surface area contributed by atoms with Gasteiger partial charge in [0.1, 0.15) is 5.75 Å². The molecule has 7 heteroatoms. The van der Waals surface area contributed by atoms with Gasteiger partial charge in [-0.25, -0.2) is 8.42 Å². The van der Waals surface area contributed by atoms with Gasteiger partial charge in [-0.05, 0) is 55.5 Å². The Labute approximate surface area is 148 Å². The van der Waals surface area contributed by atoms with Crippen LogP contribution in [0.3, 0.4) is 0 Å². The lowest BCUT2D eigenvalue weighted by Crippen LogP contribution is -2.36. The molecule has 134 valence electrons. The molecule has 3 rings (SSSR count). The van der Waals surface area contributed by atoms with Gasteiger partial charge >= 0.3 is 0 Å². The number of ether oxygens (including phenoxy) is 2. The second-order valence-electron chi connectivity index (χ2n) is 5.66. The molecule has 0 aromatic heterocycles. The van der Waals surface area contributed by atoms with Crippen LogP contribution >= 0.6 is 0 Å². The van der Waals surface area contributed by atoms with E-state index in [1.54, 1.807) is 24.3 Å². The van der Waals surface area contributed by atoms with Gasteiger partial charge in [-0.1, -0.05) is 0 Å². The third kappa shape index (κ3) is 4.43. The predicted molar refractivity (Wildman–Crippen MR) is 97.9 cm³/mol. The summed E-state index contributed by atoms with van der Waals surface area (Å²) in [6, 6.07) is 13.8. The minimum absolute atomic E-state index is 0.202. The Balaban J connectivity index is 1.69. The van der Waals surface area contributed by atoms with Crippen molar-refractivity contribution in [1.82, 2.24) is 0 Å². The topological polar surface area (TPSA) is 67.9 Å². The van der Waals surface area contributed by atoms with Crippen molar-refractivity contribution in [2.75, 3.05) is 42.5 Å². The second kappa shape index (κ2) is 7.76. The maximum atomic E-state index is 12.5. The molecule has 1 saturated heterocycles. The van der Waals surface area contributed by atoms with Gasteiger partial charge in [-0.2, -0.15) is 0 Å². The molecule has 1 heterocycles. The fourth-order valence-electron chi connectivity index (χ4n) is 2.66. The number of rotatable bonds is 6. The smallest absolute Gasteiger partial charge is 0.261 e. The molecule has 0 saturated carbocycles. The number of anilines is 2. The van der Waals surface area contributed by atoms with Crippen molar-refractivity contribution in [2.45, 2.75) is 11.8 Å². The lowest BCUT2D eigenvalue weighted by molar-refractivity contribution is 0.122. The van der Waals surface area contributed by atoms with Crippen LogP contribution in [0.4, 0.5) is 11.4 Å². The second-order valence-corrected chi connectivity index (χ2v) is 7.34. The maximum absolute atomic E-state index is 12.5. The highest BCUT2D eigenvalue weighted by Crippen LogP contribution is 2.22. The van der Waals surface area contributed by atoms with Crippen LogP contribution in [0.25, 0.3) is 0 Å². The zero-order chi connectivity index (χ0) is 17.7. The Kier molecular flexibility index (Phi) is 5.45. The molecule has 2 aromatic carbocycles. The molecule has 0 spiro atoms. The van der Waals surface area contributed by atoms with Crippen molar-refractivity contribution in [3.63, 3.8) is 0 Å². The summed E-state index contributed by atoms with van der Waals surface area (Å²) >= 11 is 0. The van der Waals surface area contributed by atoms with Crippen LogP contribution in [0.2, 0.25) is 0 Å². The Morgan fingerprint density at radius 3 is 2.28 bits per heavy atom. The van der Waals surface area contributed by atoms with Crippen molar-refractivity contribution in [3.05, 3.63) is 48.5 Å². The van der Waals surface area contributed by atoms with Gasteiger partial charge in [0.05, 0.1) is 24.7 Å². The first-order valence-corrected chi connectivity index (χ1v) is 9.75. The molecule has 1 fully saturated rings. The Morgan fingerprint density at radius 1 is 1.04 bits per heavy atom. The fourth-order valence-corrected chi connectivity index (χ4v) is 3.72. The van der Waals surface area contributed by atoms with Crippen LogP contribution in [-0.4, -0.2) is 41.3 Å². The molecule has 6 nitrogen and oxygen atoms in total. The van der Waals surface area contributed by atoms with Crippen molar-refractivity contribution in [1.29, 1.82) is 0 Å². The van der Waals surface area contributed by atoms with Crippen LogP contribution in [0.15, 0.2) is 53.4 Å². The molecule has 2 aromatic rings. The number of nitrogens with one attached hydrogen (secondary N) is 1. The van der Waals surface area contributed by atoms with Crippen molar-refractivity contribution < 1.29 is 17.9 Å². The number of sulfonamides is 1. The standard InChI is InChI=1S/C18H22N2O4S/c1-2-24-17-7-9-18(10-8-17)25(21,22)19-15-3-5-16(6-4-15)20-11-13-23-14-12-20/h3-10,19H,2,11-14H2,1H3. The molecular weight excluding hydrogens is 340 g/mol. The number of hydrogen-bond donors (Lipinski definition) is 1. The van der Waals surface area contributed by atoms with Crippen LogP contribution in [0.5, 0.6) is 5.75 Å². The van der Waals surface area contributed by atoms with Crippen LogP contribution in [0.1, 0.15) is 6.92 Å². The van der Waals surface area contributed by atoms with Crippen LogP contribution < -0.4 is 14.4 Å². The van der Waals surface area contributed by atoms with E-state index < -0.39 is 10.0 Å². The van der Waals surface area contributed by atoms with E-state index >= 15 is 0 Å². The average molecular weight is 362 g/mol. The van der Waals surface area contributed by atoms with E-state index in [9.17, 15) is 8.42 Å². The minimum Gasteiger partial charge on any atom is -0.494 e. The molecule has 25 heavy (non-hydrogen) atoms. The van der Waals surface area contributed by atoms with Gasteiger partial charge in [0.15, 0.2) is 0 Å². The lowest BCUT2D eigenvalue weighted by atomic mass is 10.2. The summed E-state index contributed by atoms with van der Waals surface area (Å²) in [5.74, 6) is 0.649. The zero-order valence-electron chi connectivity index (χ0n) is 14.1. The lowest BCUT2D eigenvalue weighted by Gasteiger charge is -2.28. The number of benzene rings is 2. The molecule has 0 bridgehead atoms. The van der Waals surface area contributed by atoms with Gasteiger partial charge in [0.2, 0.25) is 0 Å². The monoisotopic (exact) mass is 362 g/mol. The van der Waals surface area contributed by atoms with Gasteiger partial charge in [0.25, 0.3) is 10.0 Å². The highest BCUT2D eigenvalue weighted by molar-refractivity contribution is 7.92. The Bertz CT molecular complexity index is 783. The zero-order valence-corrected chi connectivity index (χ0v) is 15.0. The first kappa shape index (κ1) is 17.6. The van der Waals surface area contributed by atoms with Crippen molar-refractivity contribution >= 4 is 21.4 Å². The van der Waals surface area contributed by atoms with Gasteiger partial charge in [-0.3, -0.25) is 4.72 Å². The first-order chi connectivity index (χ1) is 12.1. The van der Waals surface area contributed by atoms with Crippen molar-refractivity contribution in [3.8, 4) is 5.75 Å². The molecular formula is C18H22N2O4S. The summed E-state index contributed by atoms with van der Waals surface area (Å²) in [5, 5.41) is 0. The molecule has 0 amide bonds. The maximum Gasteiger partial charge on any atom is 0.261 e. The fraction of sp³-hybridized carbons (Fsp3) is 0.333. The Hall–Kier alpha value is -2.25. The largest absolute Gasteiger partial charge is 0.494 e. The summed E-state index contributed by atoms with van der Waals surface area (Å²) in [6.45, 7) is 5.54. The minimum atomic E-state index is -3.62. The number of hydrogen-bond acceptors (Lipinski definition) is 5. The molecule has 1 N–H and O–H groups in total.